The summed E-state index contributed by atoms with van der Waals surface area (Å²) in [5.74, 6) is 1.36. The number of aryl methyl sites for hydroxylation is 1. The van der Waals surface area contributed by atoms with Crippen LogP contribution < -0.4 is 15.6 Å². The van der Waals surface area contributed by atoms with Crippen LogP contribution >= 0.6 is 36.4 Å². The van der Waals surface area contributed by atoms with Gasteiger partial charge >= 0.3 is 0 Å². The Morgan fingerprint density at radius 3 is 2.44 bits per heavy atom. The number of unbranched alkanes of at least 4 members (excludes halogenated alkanes) is 1. The van der Waals surface area contributed by atoms with E-state index in [1.54, 1.807) is 19.2 Å². The molecule has 154 valence electrons. The van der Waals surface area contributed by atoms with E-state index in [9.17, 15) is 4.79 Å². The smallest absolute Gasteiger partial charge is 0.261 e. The molecule has 0 unspecified atom stereocenters. The molecule has 5 nitrogen and oxygen atoms in total. The Bertz CT molecular complexity index is 801. The van der Waals surface area contributed by atoms with Gasteiger partial charge in [-0.3, -0.25) is 9.36 Å². The molecular weight excluding hydrogens is 409 g/mol. The molecule has 8 heteroatoms. The van der Waals surface area contributed by atoms with E-state index < -0.39 is 0 Å². The molecule has 0 radical (unpaired) electrons. The molecule has 0 aliphatic rings. The zero-order valence-electron chi connectivity index (χ0n) is 16.6. The molecule has 1 heterocycles. The van der Waals surface area contributed by atoms with Crippen molar-refractivity contribution in [2.24, 2.45) is 5.41 Å². The monoisotopic (exact) mass is 437 g/mol. The number of nitrogens with one attached hydrogen (secondary N) is 1. The molecule has 0 atom stereocenters. The maximum absolute atomic E-state index is 13.1. The van der Waals surface area contributed by atoms with Gasteiger partial charge in [-0.25, -0.2) is 4.98 Å². The van der Waals surface area contributed by atoms with Crippen molar-refractivity contribution in [3.05, 3.63) is 33.3 Å². The summed E-state index contributed by atoms with van der Waals surface area (Å²) in [6, 6.07) is 3.41. The maximum atomic E-state index is 13.1. The van der Waals surface area contributed by atoms with Crippen LogP contribution in [0.4, 0.5) is 0 Å². The first-order chi connectivity index (χ1) is 11.8. The largest absolute Gasteiger partial charge is 0.495 e. The summed E-state index contributed by atoms with van der Waals surface area (Å²) in [6.45, 7) is 7.94. The van der Waals surface area contributed by atoms with Gasteiger partial charge in [0, 0.05) is 19.0 Å². The number of ether oxygens (including phenoxy) is 1. The van der Waals surface area contributed by atoms with Gasteiger partial charge in [-0.1, -0.05) is 32.4 Å². The summed E-state index contributed by atoms with van der Waals surface area (Å²) in [5, 5.41) is 4.11. The Hall–Kier alpha value is -1.01. The Labute approximate surface area is 178 Å². The van der Waals surface area contributed by atoms with Crippen LogP contribution in [0.1, 0.15) is 39.4 Å². The van der Waals surface area contributed by atoms with Crippen molar-refractivity contribution >= 4 is 47.3 Å². The minimum Gasteiger partial charge on any atom is -0.495 e. The highest BCUT2D eigenvalue weighted by Crippen LogP contribution is 2.28. The number of hydrogen-bond acceptors (Lipinski definition) is 4. The molecule has 2 rings (SSSR count). The predicted octanol–water partition coefficient (Wildman–Crippen LogP) is 4.49. The zero-order chi connectivity index (χ0) is 18.6. The summed E-state index contributed by atoms with van der Waals surface area (Å²) in [4.78, 5) is 17.9. The second kappa shape index (κ2) is 11.1. The molecule has 2 aromatic rings. The van der Waals surface area contributed by atoms with E-state index in [-0.39, 0.29) is 35.8 Å². The molecule has 0 amide bonds. The lowest BCUT2D eigenvalue weighted by Gasteiger charge is -2.22. The number of halogens is 3. The van der Waals surface area contributed by atoms with Gasteiger partial charge in [0.05, 0.1) is 23.0 Å². The molecule has 0 spiro atoms. The van der Waals surface area contributed by atoms with Crippen molar-refractivity contribution in [2.75, 3.05) is 20.7 Å². The fraction of sp³-hybridized carbons (Fsp3) is 0.579. The van der Waals surface area contributed by atoms with Crippen LogP contribution in [0.3, 0.4) is 0 Å². The third kappa shape index (κ3) is 6.83. The first-order valence-electron chi connectivity index (χ1n) is 8.68. The molecule has 1 N–H and O–H groups in total. The van der Waals surface area contributed by atoms with Crippen molar-refractivity contribution in [2.45, 2.75) is 46.6 Å². The number of rotatable bonds is 7. The van der Waals surface area contributed by atoms with E-state index >= 15 is 0 Å². The molecule has 27 heavy (non-hydrogen) atoms. The van der Waals surface area contributed by atoms with Gasteiger partial charge in [0.2, 0.25) is 0 Å². The minimum absolute atomic E-state index is 0. The van der Waals surface area contributed by atoms with Crippen LogP contribution in [0.2, 0.25) is 5.02 Å². The molecule has 0 bridgehead atoms. The van der Waals surface area contributed by atoms with E-state index in [0.29, 0.717) is 28.2 Å². The van der Waals surface area contributed by atoms with Crippen molar-refractivity contribution in [1.82, 2.24) is 14.9 Å². The van der Waals surface area contributed by atoms with E-state index in [2.05, 4.69) is 26.1 Å². The lowest BCUT2D eigenvalue weighted by Crippen LogP contribution is -2.31. The fourth-order valence-corrected chi connectivity index (χ4v) is 3.08. The second-order valence-corrected chi connectivity index (χ2v) is 7.95. The fourth-order valence-electron chi connectivity index (χ4n) is 2.84. The highest BCUT2D eigenvalue weighted by molar-refractivity contribution is 6.32. The predicted molar refractivity (Wildman–Crippen MR) is 118 cm³/mol. The van der Waals surface area contributed by atoms with Gasteiger partial charge in [-0.2, -0.15) is 0 Å². The van der Waals surface area contributed by atoms with Crippen LogP contribution in [0.5, 0.6) is 5.75 Å². The maximum Gasteiger partial charge on any atom is 0.261 e. The molecule has 1 aromatic heterocycles. The van der Waals surface area contributed by atoms with E-state index in [1.165, 1.54) is 0 Å². The number of aromatic nitrogens is 2. The summed E-state index contributed by atoms with van der Waals surface area (Å²) in [6.07, 6.45) is 2.80. The van der Waals surface area contributed by atoms with Crippen molar-refractivity contribution in [1.29, 1.82) is 0 Å². The molecule has 1 aromatic carbocycles. The lowest BCUT2D eigenvalue weighted by molar-refractivity contribution is 0.330. The average Bonchev–Trinajstić information content (AvgIpc) is 2.54. The first-order valence-corrected chi connectivity index (χ1v) is 9.06. The summed E-state index contributed by atoms with van der Waals surface area (Å²) in [7, 11) is 3.51. The summed E-state index contributed by atoms with van der Waals surface area (Å²) >= 11 is 6.21. The van der Waals surface area contributed by atoms with Gasteiger partial charge in [-0.05, 0) is 37.9 Å². The Balaban J connectivity index is 0.00000338. The number of methoxy groups -OCH3 is 1. The van der Waals surface area contributed by atoms with E-state index in [0.717, 1.165) is 31.6 Å². The van der Waals surface area contributed by atoms with Gasteiger partial charge in [0.25, 0.3) is 5.56 Å². The SMILES string of the molecule is CNCCCCc1nc2cc(OC)c(Cl)cc2c(=O)n1CC(C)(C)C.Cl.Cl. The normalized spacial score (nSPS) is 11.0. The lowest BCUT2D eigenvalue weighted by atomic mass is 9.96. The van der Waals surface area contributed by atoms with Crippen LogP contribution in [0.15, 0.2) is 16.9 Å². The summed E-state index contributed by atoms with van der Waals surface area (Å²) < 4.78 is 7.08. The van der Waals surface area contributed by atoms with E-state index in [1.807, 2.05) is 11.6 Å². The van der Waals surface area contributed by atoms with Gasteiger partial charge < -0.3 is 10.1 Å². The Morgan fingerprint density at radius 2 is 1.89 bits per heavy atom. The first kappa shape index (κ1) is 26.0. The number of hydrogen-bond donors (Lipinski definition) is 1. The third-order valence-corrected chi connectivity index (χ3v) is 4.31. The highest BCUT2D eigenvalue weighted by Gasteiger charge is 2.18. The van der Waals surface area contributed by atoms with Crippen molar-refractivity contribution in [3.8, 4) is 5.75 Å². The second-order valence-electron chi connectivity index (χ2n) is 7.54. The van der Waals surface area contributed by atoms with E-state index in [4.69, 9.17) is 21.3 Å². The average molecular weight is 439 g/mol. The summed E-state index contributed by atoms with van der Waals surface area (Å²) in [5.41, 5.74) is 0.586. The van der Waals surface area contributed by atoms with Gasteiger partial charge in [0.1, 0.15) is 11.6 Å². The van der Waals surface area contributed by atoms with Crippen molar-refractivity contribution in [3.63, 3.8) is 0 Å². The van der Waals surface area contributed by atoms with Crippen LogP contribution in [-0.2, 0) is 13.0 Å². The van der Waals surface area contributed by atoms with Crippen LogP contribution in [0.25, 0.3) is 10.9 Å². The molecule has 0 saturated heterocycles. The molecule has 0 aliphatic carbocycles. The molecule has 0 aliphatic heterocycles. The van der Waals surface area contributed by atoms with Crippen molar-refractivity contribution < 1.29 is 4.74 Å². The minimum atomic E-state index is -0.0342. The van der Waals surface area contributed by atoms with Gasteiger partial charge in [-0.15, -0.1) is 24.8 Å². The van der Waals surface area contributed by atoms with Crippen LogP contribution in [-0.4, -0.2) is 30.3 Å². The van der Waals surface area contributed by atoms with Crippen LogP contribution in [0, 0.1) is 5.41 Å². The molecular formula is C19H30Cl3N3O2. The van der Waals surface area contributed by atoms with Gasteiger partial charge in [0.15, 0.2) is 0 Å². The molecule has 0 saturated carbocycles. The number of nitrogens with zero attached hydrogens (tertiary/aromatic N) is 2. The highest BCUT2D eigenvalue weighted by atomic mass is 35.5. The third-order valence-electron chi connectivity index (χ3n) is 4.02. The zero-order valence-corrected chi connectivity index (χ0v) is 19.0. The Morgan fingerprint density at radius 1 is 1.22 bits per heavy atom. The topological polar surface area (TPSA) is 56.2 Å². The quantitative estimate of drug-likeness (QED) is 0.647. The number of benzene rings is 1. The standard InChI is InChI=1S/C19H28ClN3O2.2ClH/c1-19(2,3)12-23-17(8-6-7-9-21-4)22-15-11-16(25-5)14(20)10-13(15)18(23)24;;/h10-11,21H,6-9,12H2,1-5H3;2*1H. The Kier molecular flexibility index (Phi) is 10.7. The molecule has 0 fully saturated rings. The number of fused-ring (bicyclic) bond motifs is 1.